The highest BCUT2D eigenvalue weighted by Gasteiger charge is 2.12. The van der Waals surface area contributed by atoms with Gasteiger partial charge in [-0.3, -0.25) is 0 Å². The molecule has 0 aromatic carbocycles. The lowest BCUT2D eigenvalue weighted by Crippen LogP contribution is -2.01. The van der Waals surface area contributed by atoms with E-state index in [2.05, 4.69) is 32.4 Å². The standard InChI is InChI=1S/C10H13N5S2/c1-4-7-8(11-3)12-5-13-9(7)17-10-15-14-6(2)16-10/h5H,4H2,1-3H3,(H,11,12,13). The molecule has 0 fully saturated rings. The van der Waals surface area contributed by atoms with Gasteiger partial charge in [-0.25, -0.2) is 9.97 Å². The Kier molecular flexibility index (Phi) is 3.90. The van der Waals surface area contributed by atoms with Crippen molar-refractivity contribution in [2.24, 2.45) is 0 Å². The predicted molar refractivity (Wildman–Crippen MR) is 69.7 cm³/mol. The van der Waals surface area contributed by atoms with Crippen LogP contribution >= 0.6 is 23.1 Å². The van der Waals surface area contributed by atoms with Gasteiger partial charge < -0.3 is 5.32 Å². The van der Waals surface area contributed by atoms with Gasteiger partial charge in [0.25, 0.3) is 0 Å². The minimum Gasteiger partial charge on any atom is -0.373 e. The number of hydrogen-bond acceptors (Lipinski definition) is 7. The molecule has 0 spiro atoms. The molecular weight excluding hydrogens is 254 g/mol. The molecule has 5 nitrogen and oxygen atoms in total. The van der Waals surface area contributed by atoms with Crippen molar-refractivity contribution in [1.82, 2.24) is 20.2 Å². The van der Waals surface area contributed by atoms with Crippen LogP contribution in [0.3, 0.4) is 0 Å². The maximum Gasteiger partial charge on any atom is 0.180 e. The van der Waals surface area contributed by atoms with Crippen LogP contribution in [0.4, 0.5) is 5.82 Å². The second-order valence-electron chi connectivity index (χ2n) is 3.30. The van der Waals surface area contributed by atoms with Crippen molar-refractivity contribution in [2.45, 2.75) is 29.6 Å². The van der Waals surface area contributed by atoms with Gasteiger partial charge in [-0.1, -0.05) is 18.3 Å². The summed E-state index contributed by atoms with van der Waals surface area (Å²) in [6.45, 7) is 4.04. The fourth-order valence-electron chi connectivity index (χ4n) is 1.42. The number of rotatable bonds is 4. The third kappa shape index (κ3) is 2.73. The molecule has 1 N–H and O–H groups in total. The highest BCUT2D eigenvalue weighted by atomic mass is 32.2. The van der Waals surface area contributed by atoms with Gasteiger partial charge in [0, 0.05) is 12.6 Å². The largest absolute Gasteiger partial charge is 0.373 e. The Hall–Kier alpha value is -1.21. The molecule has 0 unspecified atom stereocenters. The zero-order valence-corrected chi connectivity index (χ0v) is 11.5. The number of hydrogen-bond donors (Lipinski definition) is 1. The summed E-state index contributed by atoms with van der Waals surface area (Å²) in [5.41, 5.74) is 1.12. The first-order valence-corrected chi connectivity index (χ1v) is 6.87. The van der Waals surface area contributed by atoms with Gasteiger partial charge in [0.1, 0.15) is 22.2 Å². The van der Waals surface area contributed by atoms with Crippen LogP contribution in [0.25, 0.3) is 0 Å². The normalized spacial score (nSPS) is 10.5. The molecule has 0 saturated heterocycles. The smallest absolute Gasteiger partial charge is 0.180 e. The predicted octanol–water partition coefficient (Wildman–Crippen LogP) is 2.39. The summed E-state index contributed by atoms with van der Waals surface area (Å²) in [6.07, 6.45) is 2.46. The van der Waals surface area contributed by atoms with Crippen molar-refractivity contribution in [1.29, 1.82) is 0 Å². The van der Waals surface area contributed by atoms with Crippen LogP contribution in [0.1, 0.15) is 17.5 Å². The third-order valence-corrected chi connectivity index (χ3v) is 4.12. The van der Waals surface area contributed by atoms with Crippen molar-refractivity contribution in [3.63, 3.8) is 0 Å². The molecule has 2 aromatic heterocycles. The number of nitrogens with one attached hydrogen (secondary N) is 1. The maximum absolute atomic E-state index is 4.31. The topological polar surface area (TPSA) is 63.6 Å². The van der Waals surface area contributed by atoms with Gasteiger partial charge >= 0.3 is 0 Å². The average Bonchev–Trinajstić information content (AvgIpc) is 2.74. The molecule has 90 valence electrons. The highest BCUT2D eigenvalue weighted by molar-refractivity contribution is 8.01. The number of nitrogens with zero attached hydrogens (tertiary/aromatic N) is 4. The Bertz CT molecular complexity index is 511. The lowest BCUT2D eigenvalue weighted by atomic mass is 10.2. The van der Waals surface area contributed by atoms with Crippen molar-refractivity contribution < 1.29 is 0 Å². The second kappa shape index (κ2) is 5.42. The average molecular weight is 267 g/mol. The molecule has 0 aliphatic carbocycles. The fraction of sp³-hybridized carbons (Fsp3) is 0.400. The van der Waals surface area contributed by atoms with Crippen molar-refractivity contribution >= 4 is 28.9 Å². The molecule has 0 atom stereocenters. The molecule has 2 heterocycles. The first kappa shape index (κ1) is 12.3. The molecule has 7 heteroatoms. The van der Waals surface area contributed by atoms with Crippen LogP contribution in [0.5, 0.6) is 0 Å². The number of anilines is 1. The lowest BCUT2D eigenvalue weighted by molar-refractivity contribution is 0.938. The van der Waals surface area contributed by atoms with Crippen LogP contribution in [0.15, 0.2) is 15.7 Å². The summed E-state index contributed by atoms with van der Waals surface area (Å²) in [5, 5.41) is 13.1. The Balaban J connectivity index is 2.32. The summed E-state index contributed by atoms with van der Waals surface area (Å²) in [6, 6.07) is 0. The second-order valence-corrected chi connectivity index (χ2v) is 5.72. The lowest BCUT2D eigenvalue weighted by Gasteiger charge is -2.08. The van der Waals surface area contributed by atoms with Crippen molar-refractivity contribution in [3.8, 4) is 0 Å². The van der Waals surface area contributed by atoms with E-state index < -0.39 is 0 Å². The molecule has 2 rings (SSSR count). The van der Waals surface area contributed by atoms with Gasteiger partial charge in [0.15, 0.2) is 4.34 Å². The molecule has 0 saturated carbocycles. The SMILES string of the molecule is CCc1c(NC)ncnc1Sc1nnc(C)s1. The molecule has 0 aliphatic rings. The van der Waals surface area contributed by atoms with Gasteiger partial charge in [0.2, 0.25) is 0 Å². The van der Waals surface area contributed by atoms with E-state index in [9.17, 15) is 0 Å². The van der Waals surface area contributed by atoms with Gasteiger partial charge in [-0.05, 0) is 25.1 Å². The fourth-order valence-corrected chi connectivity index (χ4v) is 3.31. The summed E-state index contributed by atoms with van der Waals surface area (Å²) in [7, 11) is 1.87. The Morgan fingerprint density at radius 1 is 1.35 bits per heavy atom. The third-order valence-electron chi connectivity index (χ3n) is 2.19. The zero-order chi connectivity index (χ0) is 12.3. The van der Waals surface area contributed by atoms with E-state index in [4.69, 9.17) is 0 Å². The first-order chi connectivity index (χ1) is 8.24. The molecule has 0 bridgehead atoms. The quantitative estimate of drug-likeness (QED) is 0.858. The highest BCUT2D eigenvalue weighted by Crippen LogP contribution is 2.32. The van der Waals surface area contributed by atoms with E-state index >= 15 is 0 Å². The van der Waals surface area contributed by atoms with Crippen LogP contribution in [0.2, 0.25) is 0 Å². The number of aromatic nitrogens is 4. The molecule has 2 aromatic rings. The van der Waals surface area contributed by atoms with E-state index in [1.165, 1.54) is 0 Å². The Morgan fingerprint density at radius 2 is 2.18 bits per heavy atom. The molecular formula is C10H13N5S2. The van der Waals surface area contributed by atoms with Crippen LogP contribution in [0, 0.1) is 6.92 Å². The summed E-state index contributed by atoms with van der Waals surface area (Å²) in [5.74, 6) is 0.881. The Morgan fingerprint density at radius 3 is 2.76 bits per heavy atom. The van der Waals surface area contributed by atoms with Crippen LogP contribution in [-0.2, 0) is 6.42 Å². The summed E-state index contributed by atoms with van der Waals surface area (Å²) in [4.78, 5) is 8.52. The van der Waals surface area contributed by atoms with E-state index in [1.807, 2.05) is 14.0 Å². The Labute approximate surface area is 108 Å². The minimum atomic E-state index is 0.881. The monoisotopic (exact) mass is 267 g/mol. The van der Waals surface area contributed by atoms with Crippen molar-refractivity contribution in [3.05, 3.63) is 16.9 Å². The maximum atomic E-state index is 4.31. The van der Waals surface area contributed by atoms with Crippen molar-refractivity contribution in [2.75, 3.05) is 12.4 Å². The van der Waals surface area contributed by atoms with Crippen LogP contribution < -0.4 is 5.32 Å². The van der Waals surface area contributed by atoms with Gasteiger partial charge in [-0.2, -0.15) is 0 Å². The summed E-state index contributed by atoms with van der Waals surface area (Å²) >= 11 is 3.12. The molecule has 0 radical (unpaired) electrons. The van der Waals surface area contributed by atoms with E-state index in [0.717, 1.165) is 32.2 Å². The first-order valence-electron chi connectivity index (χ1n) is 5.24. The van der Waals surface area contributed by atoms with E-state index in [1.54, 1.807) is 29.4 Å². The van der Waals surface area contributed by atoms with Gasteiger partial charge in [0.05, 0.1) is 0 Å². The number of aryl methyl sites for hydroxylation is 1. The van der Waals surface area contributed by atoms with Crippen LogP contribution in [-0.4, -0.2) is 27.2 Å². The van der Waals surface area contributed by atoms with Gasteiger partial charge in [-0.15, -0.1) is 10.2 Å². The molecule has 0 aliphatic heterocycles. The van der Waals surface area contributed by atoms with E-state index in [-0.39, 0.29) is 0 Å². The minimum absolute atomic E-state index is 0.881. The zero-order valence-electron chi connectivity index (χ0n) is 9.89. The molecule has 17 heavy (non-hydrogen) atoms. The molecule has 0 amide bonds. The summed E-state index contributed by atoms with van der Waals surface area (Å²) < 4.78 is 0.915. The van der Waals surface area contributed by atoms with E-state index in [0.29, 0.717) is 0 Å².